The highest BCUT2D eigenvalue weighted by molar-refractivity contribution is 9.11. The first-order valence-corrected chi connectivity index (χ1v) is 9.97. The summed E-state index contributed by atoms with van der Waals surface area (Å²) < 4.78 is 12.3. The maximum atomic E-state index is 11.1. The molecule has 6 nitrogen and oxygen atoms in total. The molecule has 3 aromatic rings. The predicted molar refractivity (Wildman–Crippen MR) is 114 cm³/mol. The Labute approximate surface area is 182 Å². The number of rotatable bonds is 6. The van der Waals surface area contributed by atoms with Crippen LogP contribution in [0.1, 0.15) is 22.6 Å². The van der Waals surface area contributed by atoms with Crippen LogP contribution in [0.25, 0.3) is 12.2 Å². The molecule has 1 heterocycles. The summed E-state index contributed by atoms with van der Waals surface area (Å²) in [5.74, 6) is 0.715. The minimum absolute atomic E-state index is 0.0915. The minimum atomic E-state index is -0.511. The molecule has 0 aliphatic heterocycles. The van der Waals surface area contributed by atoms with Crippen molar-refractivity contribution in [1.82, 2.24) is 5.16 Å². The van der Waals surface area contributed by atoms with Crippen LogP contribution in [0.3, 0.4) is 0 Å². The summed E-state index contributed by atoms with van der Waals surface area (Å²) in [6.45, 7) is 1.84. The van der Waals surface area contributed by atoms with E-state index < -0.39 is 4.92 Å². The summed E-state index contributed by atoms with van der Waals surface area (Å²) in [5, 5.41) is 15.4. The zero-order valence-electron chi connectivity index (χ0n) is 14.5. The molecule has 0 N–H and O–H groups in total. The minimum Gasteiger partial charge on any atom is -0.486 e. The number of nitrogens with zero attached hydrogens (tertiary/aromatic N) is 2. The van der Waals surface area contributed by atoms with Crippen LogP contribution < -0.4 is 4.74 Å². The molecule has 3 rings (SSSR count). The van der Waals surface area contributed by atoms with Gasteiger partial charge in [0.25, 0.3) is 0 Å². The van der Waals surface area contributed by atoms with Crippen LogP contribution in [0, 0.1) is 17.0 Å². The lowest BCUT2D eigenvalue weighted by atomic mass is 10.2. The number of benzene rings is 2. The lowest BCUT2D eigenvalue weighted by Crippen LogP contribution is -1.98. The lowest BCUT2D eigenvalue weighted by Gasteiger charge is -2.12. The Kier molecular flexibility index (Phi) is 6.53. The van der Waals surface area contributed by atoms with Gasteiger partial charge in [-0.25, -0.2) is 0 Å². The third-order valence-electron chi connectivity index (χ3n) is 3.82. The first kappa shape index (κ1) is 20.6. The third-order valence-corrected chi connectivity index (χ3v) is 5.36. The van der Waals surface area contributed by atoms with E-state index >= 15 is 0 Å². The van der Waals surface area contributed by atoms with Gasteiger partial charge in [0.15, 0.2) is 5.69 Å². The van der Waals surface area contributed by atoms with E-state index in [0.29, 0.717) is 17.4 Å². The van der Waals surface area contributed by atoms with E-state index in [2.05, 4.69) is 37.0 Å². The zero-order chi connectivity index (χ0) is 20.3. The number of nitro groups is 1. The summed E-state index contributed by atoms with van der Waals surface area (Å²) >= 11 is 13.1. The molecule has 0 radical (unpaired) electrons. The van der Waals surface area contributed by atoms with Gasteiger partial charge in [-0.2, -0.15) is 0 Å². The molecule has 0 unspecified atom stereocenters. The van der Waals surface area contributed by atoms with E-state index in [4.69, 9.17) is 20.9 Å². The molecule has 1 aromatic heterocycles. The topological polar surface area (TPSA) is 78.4 Å². The van der Waals surface area contributed by atoms with Crippen molar-refractivity contribution in [3.05, 3.63) is 83.1 Å². The average molecular weight is 529 g/mol. The number of ether oxygens (including phenoxy) is 1. The molecule has 28 heavy (non-hydrogen) atoms. The van der Waals surface area contributed by atoms with Crippen LogP contribution in [-0.2, 0) is 6.61 Å². The van der Waals surface area contributed by atoms with Crippen LogP contribution in [0.5, 0.6) is 5.75 Å². The maximum absolute atomic E-state index is 11.1. The first-order chi connectivity index (χ1) is 13.4. The largest absolute Gasteiger partial charge is 0.486 e. The molecule has 0 fully saturated rings. The molecule has 0 atom stereocenters. The van der Waals surface area contributed by atoms with Crippen molar-refractivity contribution in [1.29, 1.82) is 0 Å². The molecule has 0 aliphatic carbocycles. The van der Waals surface area contributed by atoms with Gasteiger partial charge in [0, 0.05) is 10.6 Å². The SMILES string of the molecule is Cc1noc(/C=C\c2cc(Br)c(OCc3ccccc3Cl)c(Br)c2)c1[N+](=O)[O-]. The van der Waals surface area contributed by atoms with Crippen LogP contribution in [0.15, 0.2) is 49.9 Å². The molecular formula is C19H13Br2ClN2O4. The van der Waals surface area contributed by atoms with Gasteiger partial charge < -0.3 is 9.26 Å². The van der Waals surface area contributed by atoms with Gasteiger partial charge in [0.1, 0.15) is 12.4 Å². The standard InChI is InChI=1S/C19H13Br2ClN2O4/c1-11-18(24(25)26)17(28-23-11)7-6-12-8-14(20)19(15(21)9-12)27-10-13-4-2-3-5-16(13)22/h2-9H,10H2,1H3/b7-6-. The number of aromatic nitrogens is 1. The summed E-state index contributed by atoms with van der Waals surface area (Å²) in [6.07, 6.45) is 3.21. The van der Waals surface area contributed by atoms with Crippen molar-refractivity contribution in [2.24, 2.45) is 0 Å². The highest BCUT2D eigenvalue weighted by Crippen LogP contribution is 2.36. The van der Waals surface area contributed by atoms with Gasteiger partial charge in [-0.3, -0.25) is 10.1 Å². The molecule has 0 spiro atoms. The van der Waals surface area contributed by atoms with Crippen LogP contribution in [0.2, 0.25) is 5.02 Å². The molecule has 0 saturated heterocycles. The summed E-state index contributed by atoms with van der Waals surface area (Å²) in [6, 6.07) is 11.1. The quantitative estimate of drug-likeness (QED) is 0.259. The number of aryl methyl sites for hydroxylation is 1. The van der Waals surface area contributed by atoms with Crippen molar-refractivity contribution in [3.63, 3.8) is 0 Å². The summed E-state index contributed by atoms with van der Waals surface area (Å²) in [5.41, 5.74) is 1.75. The normalized spacial score (nSPS) is 11.1. The monoisotopic (exact) mass is 526 g/mol. The Hall–Kier alpha value is -2.16. The summed E-state index contributed by atoms with van der Waals surface area (Å²) in [7, 11) is 0. The number of halogens is 3. The van der Waals surface area contributed by atoms with Crippen molar-refractivity contribution in [3.8, 4) is 5.75 Å². The molecule has 0 aliphatic rings. The van der Waals surface area contributed by atoms with E-state index in [1.54, 1.807) is 6.08 Å². The molecule has 144 valence electrons. The molecule has 2 aromatic carbocycles. The molecular weight excluding hydrogens is 515 g/mol. The van der Waals surface area contributed by atoms with Gasteiger partial charge in [0.2, 0.25) is 5.76 Å². The Bertz CT molecular complexity index is 1040. The van der Waals surface area contributed by atoms with Crippen molar-refractivity contribution in [2.45, 2.75) is 13.5 Å². The molecule has 9 heteroatoms. The maximum Gasteiger partial charge on any atom is 0.338 e. The first-order valence-electron chi connectivity index (χ1n) is 8.01. The Morgan fingerprint density at radius 3 is 2.57 bits per heavy atom. The van der Waals surface area contributed by atoms with Crippen molar-refractivity contribution in [2.75, 3.05) is 0 Å². The third kappa shape index (κ3) is 4.63. The fourth-order valence-electron chi connectivity index (χ4n) is 2.46. The smallest absolute Gasteiger partial charge is 0.338 e. The Morgan fingerprint density at radius 1 is 1.25 bits per heavy atom. The lowest BCUT2D eigenvalue weighted by molar-refractivity contribution is -0.386. The number of hydrogen-bond donors (Lipinski definition) is 0. The Morgan fingerprint density at radius 2 is 1.93 bits per heavy atom. The summed E-state index contributed by atoms with van der Waals surface area (Å²) in [4.78, 5) is 10.6. The fourth-order valence-corrected chi connectivity index (χ4v) is 4.11. The van der Waals surface area contributed by atoms with Crippen LogP contribution in [0.4, 0.5) is 5.69 Å². The van der Waals surface area contributed by atoms with Gasteiger partial charge in [0.05, 0.1) is 13.9 Å². The second-order valence-corrected chi connectivity index (χ2v) is 7.88. The highest BCUT2D eigenvalue weighted by Gasteiger charge is 2.22. The Balaban J connectivity index is 1.80. The zero-order valence-corrected chi connectivity index (χ0v) is 18.4. The second kappa shape index (κ2) is 8.89. The van der Waals surface area contributed by atoms with Crippen molar-refractivity contribution >= 4 is 61.3 Å². The van der Waals surface area contributed by atoms with Gasteiger partial charge >= 0.3 is 5.69 Å². The molecule has 0 saturated carbocycles. The van der Waals surface area contributed by atoms with Crippen LogP contribution >= 0.6 is 43.5 Å². The average Bonchev–Trinajstić information content (AvgIpc) is 3.01. The van der Waals surface area contributed by atoms with E-state index in [1.165, 1.54) is 13.0 Å². The van der Waals surface area contributed by atoms with E-state index in [9.17, 15) is 10.1 Å². The molecule has 0 bridgehead atoms. The highest BCUT2D eigenvalue weighted by atomic mass is 79.9. The predicted octanol–water partition coefficient (Wildman–Crippen LogP) is 6.82. The van der Waals surface area contributed by atoms with Gasteiger partial charge in [-0.15, -0.1) is 0 Å². The van der Waals surface area contributed by atoms with Crippen molar-refractivity contribution < 1.29 is 14.2 Å². The fraction of sp³-hybridized carbons (Fsp3) is 0.105. The van der Waals surface area contributed by atoms with Gasteiger partial charge in [-0.1, -0.05) is 41.0 Å². The van der Waals surface area contributed by atoms with Gasteiger partial charge in [-0.05, 0) is 68.6 Å². The number of hydrogen-bond acceptors (Lipinski definition) is 5. The second-order valence-electron chi connectivity index (χ2n) is 5.77. The van der Waals surface area contributed by atoms with Crippen LogP contribution in [-0.4, -0.2) is 10.1 Å². The molecule has 0 amide bonds. The van der Waals surface area contributed by atoms with E-state index in [-0.39, 0.29) is 17.1 Å². The van der Waals surface area contributed by atoms with E-state index in [0.717, 1.165) is 20.1 Å². The van der Waals surface area contributed by atoms with E-state index in [1.807, 2.05) is 36.4 Å².